The zero-order valence-electron chi connectivity index (χ0n) is 28.6. The normalized spacial score (nSPS) is 31.7. The summed E-state index contributed by atoms with van der Waals surface area (Å²) in [4.78, 5) is 0. The summed E-state index contributed by atoms with van der Waals surface area (Å²) in [5.41, 5.74) is 2.80. The fraction of sp³-hybridized carbons (Fsp3) is 0.356. The van der Waals surface area contributed by atoms with Crippen LogP contribution in [-0.2, 0) is 32.1 Å². The molecule has 2 aromatic rings. The predicted molar refractivity (Wildman–Crippen MR) is 192 cm³/mol. The first-order chi connectivity index (χ1) is 22.4. The fourth-order valence-electron chi connectivity index (χ4n) is 11.0. The minimum absolute atomic E-state index is 0. The van der Waals surface area contributed by atoms with E-state index in [1.807, 2.05) is 6.49 Å². The summed E-state index contributed by atoms with van der Waals surface area (Å²) in [6.07, 6.45) is 38.5. The van der Waals surface area contributed by atoms with Gasteiger partial charge in [0.25, 0.3) is 0 Å². The molecular formula is C45H48Cl2Zr. The third-order valence-electron chi connectivity index (χ3n) is 12.7. The molecule has 0 nitrogen and oxygen atoms in total. The van der Waals surface area contributed by atoms with E-state index in [1.165, 1.54) is 11.1 Å². The molecule has 6 aliphatic carbocycles. The molecule has 0 aromatic heterocycles. The van der Waals surface area contributed by atoms with Crippen molar-refractivity contribution in [2.75, 3.05) is 0 Å². The predicted octanol–water partition coefficient (Wildman–Crippen LogP) is 4.71. The number of hydrogen-bond donors (Lipinski definition) is 0. The Bertz CT molecular complexity index is 1710. The van der Waals surface area contributed by atoms with Gasteiger partial charge >= 0.3 is 287 Å². The molecule has 2 saturated carbocycles. The Labute approximate surface area is 309 Å². The zero-order chi connectivity index (χ0) is 31.5. The van der Waals surface area contributed by atoms with Crippen molar-refractivity contribution < 1.29 is 46.1 Å². The van der Waals surface area contributed by atoms with Crippen LogP contribution in [0.3, 0.4) is 0 Å². The maximum Gasteiger partial charge on any atom is -1.00 e. The number of rotatable bonds is 6. The van der Waals surface area contributed by atoms with Gasteiger partial charge in [0.1, 0.15) is 0 Å². The van der Waals surface area contributed by atoms with Gasteiger partial charge in [0.05, 0.1) is 0 Å². The third kappa shape index (κ3) is 5.75. The molecule has 9 unspecified atom stereocenters. The average molecular weight is 751 g/mol. The van der Waals surface area contributed by atoms with Gasteiger partial charge in [-0.2, -0.15) is 0 Å². The molecule has 48 heavy (non-hydrogen) atoms. The minimum Gasteiger partial charge on any atom is -1.00 e. The van der Waals surface area contributed by atoms with Crippen LogP contribution in [0.1, 0.15) is 45.2 Å². The van der Waals surface area contributed by atoms with Crippen molar-refractivity contribution in [3.63, 3.8) is 0 Å². The fourth-order valence-corrected chi connectivity index (χ4v) is 23.0. The van der Waals surface area contributed by atoms with E-state index in [9.17, 15) is 0 Å². The molecule has 0 amide bonds. The van der Waals surface area contributed by atoms with Crippen molar-refractivity contribution in [2.24, 2.45) is 47.3 Å². The van der Waals surface area contributed by atoms with Crippen molar-refractivity contribution in [3.05, 3.63) is 166 Å². The van der Waals surface area contributed by atoms with Crippen molar-refractivity contribution in [1.29, 1.82) is 0 Å². The number of hydrogen-bond acceptors (Lipinski definition) is 0. The van der Waals surface area contributed by atoms with Crippen LogP contribution in [0.4, 0.5) is 0 Å². The zero-order valence-corrected chi connectivity index (χ0v) is 32.6. The van der Waals surface area contributed by atoms with E-state index in [0.29, 0.717) is 51.0 Å². The molecule has 3 heteroatoms. The van der Waals surface area contributed by atoms with E-state index >= 15 is 0 Å². The number of benzene rings is 2. The Balaban J connectivity index is 0.00000201. The summed E-state index contributed by atoms with van der Waals surface area (Å²) in [7, 11) is 0. The van der Waals surface area contributed by atoms with E-state index in [2.05, 4.69) is 179 Å². The second-order valence-corrected chi connectivity index (χ2v) is 22.0. The van der Waals surface area contributed by atoms with Gasteiger partial charge in [0.2, 0.25) is 0 Å². The van der Waals surface area contributed by atoms with Crippen LogP contribution in [0.25, 0.3) is 0 Å². The molecule has 0 aliphatic heterocycles. The Hall–Kier alpha value is -2.31. The van der Waals surface area contributed by atoms with E-state index in [1.54, 1.807) is 0 Å². The molecule has 9 atom stereocenters. The second kappa shape index (κ2) is 14.1. The average Bonchev–Trinajstić information content (AvgIpc) is 3.75. The molecule has 0 radical (unpaired) electrons. The smallest absolute Gasteiger partial charge is 1.00 e. The monoisotopic (exact) mass is 748 g/mol. The summed E-state index contributed by atoms with van der Waals surface area (Å²) in [5, 5.41) is 0. The Kier molecular flexibility index (Phi) is 10.5. The second-order valence-electron chi connectivity index (χ2n) is 15.5. The van der Waals surface area contributed by atoms with Crippen LogP contribution >= 0.6 is 0 Å². The minimum atomic E-state index is -2.72. The quantitative estimate of drug-likeness (QED) is 0.402. The number of allylic oxidation sites excluding steroid dienone is 16. The third-order valence-corrected chi connectivity index (χ3v) is 23.2. The maximum absolute atomic E-state index is 2.72. The first kappa shape index (κ1) is 35.5. The van der Waals surface area contributed by atoms with Crippen LogP contribution in [0.5, 0.6) is 0 Å². The first-order valence-electron chi connectivity index (χ1n) is 17.7. The summed E-state index contributed by atoms with van der Waals surface area (Å²) in [6.45, 7) is 10.3. The number of halogens is 2. The van der Waals surface area contributed by atoms with Gasteiger partial charge < -0.3 is 24.8 Å². The molecule has 0 N–H and O–H groups in total. The summed E-state index contributed by atoms with van der Waals surface area (Å²) in [6, 6.07) is 23.0. The van der Waals surface area contributed by atoms with Gasteiger partial charge in [-0.25, -0.2) is 0 Å². The molecule has 0 bridgehead atoms. The van der Waals surface area contributed by atoms with Gasteiger partial charge in [-0.05, 0) is 0 Å². The molecule has 8 rings (SSSR count). The number of fused-ring (bicyclic) bond motifs is 8. The topological polar surface area (TPSA) is 0 Å². The van der Waals surface area contributed by atoms with Gasteiger partial charge in [-0.3, -0.25) is 0 Å². The maximum atomic E-state index is 2.68. The van der Waals surface area contributed by atoms with Crippen molar-refractivity contribution in [3.8, 4) is 0 Å². The first-order valence-corrected chi connectivity index (χ1v) is 21.5. The molecule has 2 fully saturated rings. The van der Waals surface area contributed by atoms with Gasteiger partial charge in [0, 0.05) is 0 Å². The van der Waals surface area contributed by atoms with E-state index < -0.39 is 21.3 Å². The Morgan fingerprint density at radius 2 is 0.938 bits per heavy atom. The van der Waals surface area contributed by atoms with E-state index in [-0.39, 0.29) is 35.6 Å². The summed E-state index contributed by atoms with van der Waals surface area (Å²) < 4.78 is 4.38. The van der Waals surface area contributed by atoms with Crippen molar-refractivity contribution in [1.82, 2.24) is 0 Å². The van der Waals surface area contributed by atoms with Crippen molar-refractivity contribution >= 4 is 3.21 Å². The van der Waals surface area contributed by atoms with Crippen LogP contribution < -0.4 is 24.8 Å². The Morgan fingerprint density at radius 1 is 0.521 bits per heavy atom. The Morgan fingerprint density at radius 3 is 1.40 bits per heavy atom. The largest absolute Gasteiger partial charge is 1.00 e. The molecule has 0 saturated heterocycles. The summed E-state index contributed by atoms with van der Waals surface area (Å²) >= 11 is -2.72. The van der Waals surface area contributed by atoms with Crippen LogP contribution in [0, 0.1) is 47.3 Å². The van der Waals surface area contributed by atoms with Gasteiger partial charge in [0.15, 0.2) is 0 Å². The van der Waals surface area contributed by atoms with Gasteiger partial charge in [-0.15, -0.1) is 0 Å². The standard InChI is InChI=1S/C21H21.C19H22.C5H5.2ClH.Zr/c1-2-8-15-14(7-1)13-20-18-11-4-3-9-16(18)17-10-5-6-12-19(17)21(15)20;1-18(2,16-11-7-5-8-12-16)15-19(3,4)17-13-9-6-10-14-17;1-2-4-5-3-1;;;/h1-21H;5-14H,1-4H3;1-3H,4H2;2*1H;/q;;;;;+2/p-2. The van der Waals surface area contributed by atoms with Crippen LogP contribution in [0.2, 0.25) is 3.63 Å². The van der Waals surface area contributed by atoms with E-state index in [4.69, 9.17) is 0 Å². The molecular weight excluding hydrogens is 703 g/mol. The molecule has 2 aromatic carbocycles. The van der Waals surface area contributed by atoms with E-state index in [0.717, 1.165) is 6.42 Å². The SMILES string of the molecule is CC(C)([C](=[Zr+2]([C]1=CC=CC1)[CH]1C2C=CC=CC2C2C3C=CC=CC3C3C=CC=CC3C21)C(C)(C)c1ccccc1)c1ccccc1.[Cl-].[Cl-]. The van der Waals surface area contributed by atoms with Crippen LogP contribution in [0.15, 0.2) is 155 Å². The molecule has 6 aliphatic rings. The molecule has 0 spiro atoms. The summed E-state index contributed by atoms with van der Waals surface area (Å²) in [5.74, 6) is 4.94. The van der Waals surface area contributed by atoms with Gasteiger partial charge in [-0.1, -0.05) is 0 Å². The molecule has 246 valence electrons. The molecule has 0 heterocycles. The van der Waals surface area contributed by atoms with Crippen molar-refractivity contribution in [2.45, 2.75) is 48.6 Å². The van der Waals surface area contributed by atoms with Crippen LogP contribution in [-0.4, -0.2) is 3.21 Å².